The van der Waals surface area contributed by atoms with Crippen molar-refractivity contribution in [1.29, 1.82) is 0 Å². The topological polar surface area (TPSA) is 88.3 Å². The third-order valence-corrected chi connectivity index (χ3v) is 5.57. The number of rotatable bonds is 7. The van der Waals surface area contributed by atoms with E-state index in [4.69, 9.17) is 4.74 Å². The molecule has 0 N–H and O–H groups in total. The van der Waals surface area contributed by atoms with Crippen LogP contribution in [0.1, 0.15) is 29.8 Å². The second-order valence-electron chi connectivity index (χ2n) is 7.73. The average Bonchev–Trinajstić information content (AvgIpc) is 3.13. The van der Waals surface area contributed by atoms with Crippen LogP contribution in [0.3, 0.4) is 0 Å². The van der Waals surface area contributed by atoms with Crippen LogP contribution in [-0.4, -0.2) is 40.1 Å². The molecule has 0 aromatic heterocycles. The molecule has 8 nitrogen and oxygen atoms in total. The van der Waals surface area contributed by atoms with E-state index in [1.165, 1.54) is 17.1 Å². The van der Waals surface area contributed by atoms with Crippen LogP contribution in [0.25, 0.3) is 0 Å². The molecule has 0 aliphatic carbocycles. The second kappa shape index (κ2) is 9.62. The van der Waals surface area contributed by atoms with Crippen LogP contribution in [-0.2, 0) is 11.3 Å². The van der Waals surface area contributed by atoms with Crippen LogP contribution in [0, 0.1) is 10.1 Å². The van der Waals surface area contributed by atoms with Crippen molar-refractivity contribution in [1.82, 2.24) is 9.91 Å². The van der Waals surface area contributed by atoms with Gasteiger partial charge in [0.1, 0.15) is 11.9 Å². The van der Waals surface area contributed by atoms with E-state index < -0.39 is 11.1 Å². The van der Waals surface area contributed by atoms with Crippen molar-refractivity contribution >= 4 is 17.3 Å². The molecule has 168 valence electrons. The van der Waals surface area contributed by atoms with E-state index in [0.29, 0.717) is 23.6 Å². The Balaban J connectivity index is 1.72. The monoisotopic (exact) mass is 444 g/mol. The maximum absolute atomic E-state index is 13.1. The number of hydrazone groups is 1. The number of hydrogen-bond acceptors (Lipinski definition) is 6. The average molecular weight is 444 g/mol. The number of ether oxygens (including phenoxy) is 1. The molecule has 1 fully saturated rings. The summed E-state index contributed by atoms with van der Waals surface area (Å²) >= 11 is 0. The smallest absolute Gasteiger partial charge is 0.269 e. The first kappa shape index (κ1) is 22.2. The lowest BCUT2D eigenvalue weighted by molar-refractivity contribution is -0.384. The highest BCUT2D eigenvalue weighted by atomic mass is 16.6. The number of carbonyl (C=O) groups excluding carboxylic acids is 1. The van der Waals surface area contributed by atoms with Crippen LogP contribution in [0.5, 0.6) is 5.75 Å². The van der Waals surface area contributed by atoms with Gasteiger partial charge in [-0.2, -0.15) is 5.10 Å². The lowest BCUT2D eigenvalue weighted by atomic mass is 10.1. The molecule has 1 aliphatic heterocycles. The first-order valence-corrected chi connectivity index (χ1v) is 10.5. The number of hydrogen-bond donors (Lipinski definition) is 0. The molecule has 33 heavy (non-hydrogen) atoms. The third kappa shape index (κ3) is 4.75. The van der Waals surface area contributed by atoms with Gasteiger partial charge in [0.15, 0.2) is 0 Å². The molecule has 0 radical (unpaired) electrons. The van der Waals surface area contributed by atoms with Crippen molar-refractivity contribution < 1.29 is 14.5 Å². The van der Waals surface area contributed by atoms with Gasteiger partial charge in [-0.15, -0.1) is 0 Å². The van der Waals surface area contributed by atoms with Gasteiger partial charge < -0.3 is 4.74 Å². The maximum atomic E-state index is 13.1. The molecule has 3 aromatic carbocycles. The second-order valence-corrected chi connectivity index (χ2v) is 7.73. The molecule has 0 bridgehead atoms. The lowest BCUT2D eigenvalue weighted by Crippen LogP contribution is -2.29. The fraction of sp³-hybridized carbons (Fsp3) is 0.200. The van der Waals surface area contributed by atoms with Gasteiger partial charge in [0.25, 0.3) is 11.6 Å². The van der Waals surface area contributed by atoms with Crippen LogP contribution in [0.4, 0.5) is 5.69 Å². The maximum Gasteiger partial charge on any atom is 0.269 e. The molecule has 1 amide bonds. The molecule has 0 saturated carbocycles. The number of methoxy groups -OCH3 is 1. The number of nitro benzene ring substituents is 1. The Morgan fingerprint density at radius 3 is 2.39 bits per heavy atom. The number of carbonyl (C=O) groups is 1. The van der Waals surface area contributed by atoms with Crippen molar-refractivity contribution in [3.05, 3.63) is 106 Å². The Kier molecular flexibility index (Phi) is 6.46. The number of para-hydroxylation sites is 1. The van der Waals surface area contributed by atoms with Gasteiger partial charge in [-0.05, 0) is 36.2 Å². The van der Waals surface area contributed by atoms with Gasteiger partial charge in [0.2, 0.25) is 0 Å². The molecule has 1 heterocycles. The van der Waals surface area contributed by atoms with Crippen LogP contribution < -0.4 is 4.74 Å². The molecule has 4 rings (SSSR count). The number of nitro groups is 1. The fourth-order valence-corrected chi connectivity index (χ4v) is 3.95. The highest BCUT2D eigenvalue weighted by Gasteiger charge is 2.40. The zero-order valence-corrected chi connectivity index (χ0v) is 18.4. The van der Waals surface area contributed by atoms with Crippen molar-refractivity contribution in [2.75, 3.05) is 13.7 Å². The van der Waals surface area contributed by atoms with E-state index in [2.05, 4.69) is 10.0 Å². The molecule has 0 spiro atoms. The van der Waals surface area contributed by atoms with Crippen molar-refractivity contribution in [3.63, 3.8) is 0 Å². The van der Waals surface area contributed by atoms with E-state index in [9.17, 15) is 14.9 Å². The Hall–Kier alpha value is -4.04. The van der Waals surface area contributed by atoms with Gasteiger partial charge in [-0.25, -0.2) is 5.01 Å². The molecule has 0 unspecified atom stereocenters. The minimum atomic E-state index is -0.457. The molecule has 1 saturated heterocycles. The first-order valence-electron chi connectivity index (χ1n) is 10.5. The minimum absolute atomic E-state index is 0.00438. The molecular weight excluding hydrogens is 420 g/mol. The highest BCUT2D eigenvalue weighted by molar-refractivity contribution is 5.99. The van der Waals surface area contributed by atoms with Crippen molar-refractivity contribution in [3.8, 4) is 5.75 Å². The van der Waals surface area contributed by atoms with Crippen LogP contribution >= 0.6 is 0 Å². The normalized spacial score (nSPS) is 16.8. The molecule has 1 aliphatic rings. The largest absolute Gasteiger partial charge is 0.496 e. The Morgan fingerprint density at radius 2 is 1.73 bits per heavy atom. The summed E-state index contributed by atoms with van der Waals surface area (Å²) in [5.74, 6) is 0.534. The van der Waals surface area contributed by atoms with Gasteiger partial charge in [-0.3, -0.25) is 19.8 Å². The van der Waals surface area contributed by atoms with E-state index in [1.54, 1.807) is 26.2 Å². The summed E-state index contributed by atoms with van der Waals surface area (Å²) in [6.07, 6.45) is -0.457. The first-order chi connectivity index (χ1) is 16.0. The Morgan fingerprint density at radius 1 is 1.06 bits per heavy atom. The van der Waals surface area contributed by atoms with E-state index in [1.807, 2.05) is 54.6 Å². The summed E-state index contributed by atoms with van der Waals surface area (Å²) in [7, 11) is 1.60. The SMILES string of the molecule is COc1ccccc1[C@H]1N(Cc2ccccc2)CC(=O)N1/N=C(/C)c1ccc([N+](=O)[O-])cc1. The third-order valence-electron chi connectivity index (χ3n) is 5.57. The van der Waals surface area contributed by atoms with Gasteiger partial charge in [0, 0.05) is 24.2 Å². The molecule has 8 heteroatoms. The highest BCUT2D eigenvalue weighted by Crippen LogP contribution is 2.37. The quantitative estimate of drug-likeness (QED) is 0.307. The summed E-state index contributed by atoms with van der Waals surface area (Å²) in [6, 6.07) is 23.7. The van der Waals surface area contributed by atoms with E-state index >= 15 is 0 Å². The van der Waals surface area contributed by atoms with Crippen molar-refractivity contribution in [2.24, 2.45) is 5.10 Å². The zero-order chi connectivity index (χ0) is 23.4. The number of non-ortho nitro benzene ring substituents is 1. The van der Waals surface area contributed by atoms with Gasteiger partial charge >= 0.3 is 0 Å². The Labute approximate surface area is 191 Å². The number of benzene rings is 3. The predicted octanol–water partition coefficient (Wildman–Crippen LogP) is 4.37. The van der Waals surface area contributed by atoms with E-state index in [-0.39, 0.29) is 18.1 Å². The van der Waals surface area contributed by atoms with Crippen molar-refractivity contribution in [2.45, 2.75) is 19.6 Å². The van der Waals surface area contributed by atoms with Gasteiger partial charge in [-0.1, -0.05) is 48.5 Å². The molecule has 1 atom stereocenters. The van der Waals surface area contributed by atoms with Gasteiger partial charge in [0.05, 0.1) is 24.3 Å². The molecule has 3 aromatic rings. The fourth-order valence-electron chi connectivity index (χ4n) is 3.95. The predicted molar refractivity (Wildman–Crippen MR) is 125 cm³/mol. The summed E-state index contributed by atoms with van der Waals surface area (Å²) < 4.78 is 5.59. The number of amides is 1. The summed E-state index contributed by atoms with van der Waals surface area (Å²) in [5.41, 5.74) is 3.21. The van der Waals surface area contributed by atoms with Crippen LogP contribution in [0.2, 0.25) is 0 Å². The zero-order valence-electron chi connectivity index (χ0n) is 18.4. The lowest BCUT2D eigenvalue weighted by Gasteiger charge is -2.29. The van der Waals surface area contributed by atoms with E-state index in [0.717, 1.165) is 11.1 Å². The summed E-state index contributed by atoms with van der Waals surface area (Å²) in [6.45, 7) is 2.56. The summed E-state index contributed by atoms with van der Waals surface area (Å²) in [4.78, 5) is 25.7. The van der Waals surface area contributed by atoms with Crippen LogP contribution in [0.15, 0.2) is 84.0 Å². The molecular formula is C25H24N4O4. The summed E-state index contributed by atoms with van der Waals surface area (Å²) in [5, 5.41) is 17.1. The minimum Gasteiger partial charge on any atom is -0.496 e. The Bertz CT molecular complexity index is 1180. The number of nitrogens with zero attached hydrogens (tertiary/aromatic N) is 4. The standard InChI is InChI=1S/C25H24N4O4/c1-18(20-12-14-21(15-13-20)29(31)32)26-28-24(30)17-27(16-19-8-4-3-5-9-19)25(28)22-10-6-7-11-23(22)33-2/h3-15,25H,16-17H2,1-2H3/b26-18-/t25-/m0/s1.